The number of ether oxygens (including phenoxy) is 1. The van der Waals surface area contributed by atoms with Gasteiger partial charge in [-0.2, -0.15) is 0 Å². The number of benzene rings is 1. The van der Waals surface area contributed by atoms with Crippen LogP contribution >= 0.6 is 11.6 Å². The highest BCUT2D eigenvalue weighted by molar-refractivity contribution is 6.65. The van der Waals surface area contributed by atoms with E-state index in [2.05, 4.69) is 0 Å². The van der Waals surface area contributed by atoms with Crippen LogP contribution in [0.15, 0.2) is 24.3 Å². The quantitative estimate of drug-likeness (QED) is 0.836. The third-order valence-corrected chi connectivity index (χ3v) is 3.81. The molecule has 1 fully saturated rings. The van der Waals surface area contributed by atoms with Crippen molar-refractivity contribution in [3.05, 3.63) is 29.8 Å². The van der Waals surface area contributed by atoms with Gasteiger partial charge in [-0.15, -0.1) is 0 Å². The number of aliphatic hydroxyl groups is 1. The van der Waals surface area contributed by atoms with Gasteiger partial charge in [0.25, 0.3) is 5.24 Å². The van der Waals surface area contributed by atoms with Crippen molar-refractivity contribution in [2.24, 2.45) is 0 Å². The largest absolute Gasteiger partial charge is 0.490 e. The Kier molecular flexibility index (Phi) is 3.93. The summed E-state index contributed by atoms with van der Waals surface area (Å²) in [5.41, 5.74) is -0.317. The summed E-state index contributed by atoms with van der Waals surface area (Å²) in [5, 5.41) is 8.83. The van der Waals surface area contributed by atoms with Crippen LogP contribution in [0, 0.1) is 0 Å². The zero-order valence-electron chi connectivity index (χ0n) is 10.4. The minimum Gasteiger partial charge on any atom is -0.490 e. The summed E-state index contributed by atoms with van der Waals surface area (Å²) < 4.78 is 5.36. The average Bonchev–Trinajstić information content (AvgIpc) is 2.26. The van der Waals surface area contributed by atoms with Crippen LogP contribution in [0.5, 0.6) is 5.75 Å². The molecule has 1 N–H and O–H groups in total. The fourth-order valence-corrected chi connectivity index (χ4v) is 1.91. The van der Waals surface area contributed by atoms with E-state index in [0.29, 0.717) is 11.7 Å². The molecule has 1 aliphatic rings. The Bertz CT molecular complexity index is 421. The van der Waals surface area contributed by atoms with E-state index in [1.54, 1.807) is 0 Å². The number of hydrogen-bond donors (Lipinski definition) is 1. The lowest BCUT2D eigenvalue weighted by Crippen LogP contribution is -2.38. The molecule has 4 heteroatoms. The third-order valence-electron chi connectivity index (χ3n) is 3.40. The highest BCUT2D eigenvalue weighted by Crippen LogP contribution is 2.36. The van der Waals surface area contributed by atoms with Gasteiger partial charge in [0.1, 0.15) is 12.4 Å². The maximum absolute atomic E-state index is 10.9. The van der Waals surface area contributed by atoms with Crippen molar-refractivity contribution in [3.63, 3.8) is 0 Å². The molecule has 98 valence electrons. The van der Waals surface area contributed by atoms with E-state index in [1.807, 2.05) is 24.3 Å². The third kappa shape index (κ3) is 3.03. The molecule has 0 aliphatic heterocycles. The number of carbonyl (C=O) groups is 1. The Balaban J connectivity index is 1.92. The Morgan fingerprint density at radius 1 is 1.44 bits per heavy atom. The van der Waals surface area contributed by atoms with Crippen molar-refractivity contribution >= 4 is 16.8 Å². The molecule has 0 aromatic heterocycles. The van der Waals surface area contributed by atoms with Crippen LogP contribution in [0.4, 0.5) is 0 Å². The lowest BCUT2D eigenvalue weighted by Gasteiger charge is -2.26. The van der Waals surface area contributed by atoms with Gasteiger partial charge in [0.05, 0.1) is 0 Å². The van der Waals surface area contributed by atoms with E-state index in [1.165, 1.54) is 31.7 Å². The van der Waals surface area contributed by atoms with Gasteiger partial charge in [0, 0.05) is 0 Å². The fraction of sp³-hybridized carbons (Fsp3) is 0.500. The van der Waals surface area contributed by atoms with Gasteiger partial charge in [-0.1, -0.05) is 18.6 Å². The number of rotatable bonds is 5. The molecule has 0 amide bonds. The van der Waals surface area contributed by atoms with Crippen molar-refractivity contribution < 1.29 is 14.6 Å². The molecule has 0 spiro atoms. The molecule has 1 aromatic rings. The summed E-state index contributed by atoms with van der Waals surface area (Å²) in [6, 6.07) is 7.80. The van der Waals surface area contributed by atoms with Crippen LogP contribution in [0.1, 0.15) is 37.7 Å². The highest BCUT2D eigenvalue weighted by Gasteiger charge is 2.29. The van der Waals surface area contributed by atoms with E-state index in [9.17, 15) is 9.90 Å². The Morgan fingerprint density at radius 2 is 2.06 bits per heavy atom. The highest BCUT2D eigenvalue weighted by atomic mass is 35.5. The zero-order valence-corrected chi connectivity index (χ0v) is 11.1. The first-order valence-electron chi connectivity index (χ1n) is 6.14. The molecule has 0 heterocycles. The van der Waals surface area contributed by atoms with E-state index in [0.717, 1.165) is 0 Å². The average molecular weight is 269 g/mol. The molecule has 1 saturated carbocycles. The second-order valence-corrected chi connectivity index (χ2v) is 5.38. The van der Waals surface area contributed by atoms with Gasteiger partial charge in [-0.05, 0) is 55.0 Å². The van der Waals surface area contributed by atoms with Crippen LogP contribution in [0.2, 0.25) is 0 Å². The van der Waals surface area contributed by atoms with E-state index in [4.69, 9.17) is 16.3 Å². The summed E-state index contributed by atoms with van der Waals surface area (Å²) in [5.74, 6) is 1.32. The maximum Gasteiger partial charge on any atom is 0.256 e. The van der Waals surface area contributed by atoms with Gasteiger partial charge in [-0.25, -0.2) is 0 Å². The molecule has 0 radical (unpaired) electrons. The van der Waals surface area contributed by atoms with Crippen molar-refractivity contribution in [2.75, 3.05) is 6.61 Å². The number of halogens is 1. The molecule has 2 rings (SSSR count). The fourth-order valence-electron chi connectivity index (χ4n) is 1.86. The van der Waals surface area contributed by atoms with E-state index >= 15 is 0 Å². The van der Waals surface area contributed by atoms with E-state index < -0.39 is 10.8 Å². The monoisotopic (exact) mass is 268 g/mol. The molecule has 0 saturated heterocycles. The predicted octanol–water partition coefficient (Wildman–Crippen LogP) is 2.85. The van der Waals surface area contributed by atoms with Crippen LogP contribution in [-0.4, -0.2) is 22.6 Å². The summed E-state index contributed by atoms with van der Waals surface area (Å²) in [4.78, 5) is 10.9. The first-order valence-corrected chi connectivity index (χ1v) is 6.52. The van der Waals surface area contributed by atoms with Crippen molar-refractivity contribution in [3.8, 4) is 5.75 Å². The first kappa shape index (κ1) is 13.4. The van der Waals surface area contributed by atoms with Crippen LogP contribution in [0.3, 0.4) is 0 Å². The van der Waals surface area contributed by atoms with Crippen molar-refractivity contribution in [2.45, 2.75) is 37.7 Å². The van der Waals surface area contributed by atoms with Gasteiger partial charge in [-0.3, -0.25) is 4.79 Å². The topological polar surface area (TPSA) is 46.5 Å². The van der Waals surface area contributed by atoms with Gasteiger partial charge >= 0.3 is 0 Å². The second-order valence-electron chi connectivity index (χ2n) is 5.03. The summed E-state index contributed by atoms with van der Waals surface area (Å²) >= 11 is 5.26. The van der Waals surface area contributed by atoms with Gasteiger partial charge in [0.15, 0.2) is 5.60 Å². The summed E-state index contributed by atoms with van der Waals surface area (Å²) in [6.45, 7) is 1.20. The van der Waals surface area contributed by atoms with Crippen LogP contribution in [0.25, 0.3) is 0 Å². The summed E-state index contributed by atoms with van der Waals surface area (Å²) in [6.07, 6.45) is 3.83. The number of hydrogen-bond acceptors (Lipinski definition) is 3. The molecule has 1 aliphatic carbocycles. The number of carbonyl (C=O) groups excluding carboxylic acids is 1. The zero-order chi connectivity index (χ0) is 13.2. The standard InChI is InChI=1S/C14H17ClO3/c1-14(17,13(15)16)9-18-12-7-5-11(6-8-12)10-3-2-4-10/h5-8,10,17H,2-4,9H2,1H3/t14-/m0/s1. The maximum atomic E-state index is 10.9. The SMILES string of the molecule is C[C@](O)(COc1ccc(C2CCC2)cc1)C(=O)Cl. The lowest BCUT2D eigenvalue weighted by atomic mass is 9.80. The molecule has 0 unspecified atom stereocenters. The second kappa shape index (κ2) is 5.29. The smallest absolute Gasteiger partial charge is 0.256 e. The van der Waals surface area contributed by atoms with Crippen molar-refractivity contribution in [1.82, 2.24) is 0 Å². The van der Waals surface area contributed by atoms with Gasteiger partial charge in [0.2, 0.25) is 0 Å². The van der Waals surface area contributed by atoms with Crippen LogP contribution in [-0.2, 0) is 4.79 Å². The molecule has 0 bridgehead atoms. The lowest BCUT2D eigenvalue weighted by molar-refractivity contribution is -0.129. The van der Waals surface area contributed by atoms with E-state index in [-0.39, 0.29) is 6.61 Å². The Labute approximate surface area is 112 Å². The predicted molar refractivity (Wildman–Crippen MR) is 70.0 cm³/mol. The molecule has 3 nitrogen and oxygen atoms in total. The molecular formula is C14H17ClO3. The van der Waals surface area contributed by atoms with Crippen molar-refractivity contribution in [1.29, 1.82) is 0 Å². The molecular weight excluding hydrogens is 252 g/mol. The molecule has 1 atom stereocenters. The Morgan fingerprint density at radius 3 is 2.50 bits per heavy atom. The van der Waals surface area contributed by atoms with Crippen LogP contribution < -0.4 is 4.74 Å². The minimum absolute atomic E-state index is 0.141. The summed E-state index contributed by atoms with van der Waals surface area (Å²) in [7, 11) is 0. The minimum atomic E-state index is -1.64. The normalized spacial score (nSPS) is 18.8. The van der Waals surface area contributed by atoms with Gasteiger partial charge < -0.3 is 9.84 Å². The Hall–Kier alpha value is -1.06. The molecule has 1 aromatic carbocycles. The first-order chi connectivity index (χ1) is 8.49. The molecule has 18 heavy (non-hydrogen) atoms.